The normalized spacial score (nSPS) is 20.2. The van der Waals surface area contributed by atoms with Crippen molar-refractivity contribution in [1.82, 2.24) is 4.90 Å². The van der Waals surface area contributed by atoms with Gasteiger partial charge in [0.1, 0.15) is 5.78 Å². The highest BCUT2D eigenvalue weighted by Crippen LogP contribution is 2.44. The summed E-state index contributed by atoms with van der Waals surface area (Å²) in [4.78, 5) is 29.8. The summed E-state index contributed by atoms with van der Waals surface area (Å²) in [7, 11) is 1.63. The predicted octanol–water partition coefficient (Wildman–Crippen LogP) is 7.57. The highest BCUT2D eigenvalue weighted by Gasteiger charge is 2.36. The summed E-state index contributed by atoms with van der Waals surface area (Å²) >= 11 is 6.27. The fourth-order valence-electron chi connectivity index (χ4n) is 6.29. The molecule has 4 unspecified atom stereocenters. The van der Waals surface area contributed by atoms with Gasteiger partial charge in [-0.3, -0.25) is 9.69 Å². The van der Waals surface area contributed by atoms with Crippen molar-refractivity contribution in [3.8, 4) is 11.5 Å². The summed E-state index contributed by atoms with van der Waals surface area (Å²) in [5.74, 6) is 2.03. The van der Waals surface area contributed by atoms with Crippen LogP contribution in [0.4, 0.5) is 5.69 Å². The maximum Gasteiger partial charge on any atom is 0.232 e. The number of nitrogens with zero attached hydrogens (tertiary/aromatic N) is 2. The van der Waals surface area contributed by atoms with E-state index >= 15 is 0 Å². The third kappa shape index (κ3) is 6.35. The minimum absolute atomic E-state index is 0.0208. The van der Waals surface area contributed by atoms with Gasteiger partial charge in [-0.1, -0.05) is 42.8 Å². The van der Waals surface area contributed by atoms with Crippen LogP contribution in [0.3, 0.4) is 0 Å². The highest BCUT2D eigenvalue weighted by atomic mass is 35.5. The molecule has 5 rings (SSSR count). The molecule has 2 aliphatic rings. The number of hydrogen-bond acceptors (Lipinski definition) is 5. The van der Waals surface area contributed by atoms with Gasteiger partial charge >= 0.3 is 0 Å². The SMILES string of the molecule is CCC(C)Oc1cc2c(cc1OC)CC(=O)N(c1ccc(C(C)N3CCC(CC(C)=O)C3)cc1)C2c1ccc(Cl)cc1. The van der Waals surface area contributed by atoms with E-state index in [2.05, 4.69) is 43.0 Å². The topological polar surface area (TPSA) is 59.1 Å². The Hall–Kier alpha value is -3.35. The van der Waals surface area contributed by atoms with E-state index in [1.54, 1.807) is 14.0 Å². The smallest absolute Gasteiger partial charge is 0.232 e. The lowest BCUT2D eigenvalue weighted by Gasteiger charge is -2.38. The number of fused-ring (bicyclic) bond motifs is 1. The average Bonchev–Trinajstić information content (AvgIpc) is 3.44. The third-order valence-corrected chi connectivity index (χ3v) is 9.02. The molecule has 0 aromatic heterocycles. The van der Waals surface area contributed by atoms with Crippen LogP contribution in [0.2, 0.25) is 5.02 Å². The van der Waals surface area contributed by atoms with Gasteiger partial charge in [-0.25, -0.2) is 0 Å². The molecule has 42 heavy (non-hydrogen) atoms. The monoisotopic (exact) mass is 588 g/mol. The zero-order chi connectivity index (χ0) is 30.0. The van der Waals surface area contributed by atoms with Crippen LogP contribution in [-0.2, 0) is 16.0 Å². The van der Waals surface area contributed by atoms with E-state index in [9.17, 15) is 9.59 Å². The average molecular weight is 589 g/mol. The van der Waals surface area contributed by atoms with Gasteiger partial charge in [0.15, 0.2) is 11.5 Å². The van der Waals surface area contributed by atoms with Crippen LogP contribution in [0.25, 0.3) is 0 Å². The fraction of sp³-hybridized carbons (Fsp3) is 0.429. The Kier molecular flexibility index (Phi) is 9.24. The summed E-state index contributed by atoms with van der Waals surface area (Å²) in [6.07, 6.45) is 2.87. The quantitative estimate of drug-likeness (QED) is 0.244. The van der Waals surface area contributed by atoms with Crippen LogP contribution in [0, 0.1) is 5.92 Å². The van der Waals surface area contributed by atoms with Crippen LogP contribution >= 0.6 is 11.6 Å². The fourth-order valence-corrected chi connectivity index (χ4v) is 6.41. The van der Waals surface area contributed by atoms with E-state index in [1.807, 2.05) is 48.2 Å². The summed E-state index contributed by atoms with van der Waals surface area (Å²) in [5, 5.41) is 0.647. The van der Waals surface area contributed by atoms with E-state index in [1.165, 1.54) is 5.56 Å². The second-order valence-corrected chi connectivity index (χ2v) is 12.2. The molecule has 2 heterocycles. The van der Waals surface area contributed by atoms with Gasteiger partial charge in [0, 0.05) is 29.7 Å². The first-order valence-electron chi connectivity index (χ1n) is 15.0. The standard InChI is InChI=1S/C35H41ClN2O4/c1-6-23(3)42-33-20-31-28(18-32(33)41-5)19-34(40)38(35(31)27-7-11-29(36)12-8-27)30-13-9-26(10-14-30)24(4)37-16-15-25(21-37)17-22(2)39/h7-14,18,20,23-25,35H,6,15-17,19,21H2,1-5H3. The maximum atomic E-state index is 13.9. The van der Waals surface area contributed by atoms with Crippen molar-refractivity contribution >= 4 is 29.0 Å². The van der Waals surface area contributed by atoms with Crippen molar-refractivity contribution in [2.75, 3.05) is 25.1 Å². The number of ether oxygens (including phenoxy) is 2. The van der Waals surface area contributed by atoms with Crippen LogP contribution in [0.5, 0.6) is 11.5 Å². The van der Waals surface area contributed by atoms with Crippen LogP contribution < -0.4 is 14.4 Å². The molecule has 6 nitrogen and oxygen atoms in total. The Morgan fingerprint density at radius 3 is 2.40 bits per heavy atom. The highest BCUT2D eigenvalue weighted by molar-refractivity contribution is 6.30. The Morgan fingerprint density at radius 1 is 1.05 bits per heavy atom. The number of halogens is 1. The summed E-state index contributed by atoms with van der Waals surface area (Å²) in [5.41, 5.74) is 4.96. The number of rotatable bonds is 10. The summed E-state index contributed by atoms with van der Waals surface area (Å²) in [6.45, 7) is 9.96. The largest absolute Gasteiger partial charge is 0.493 e. The number of hydrogen-bond donors (Lipinski definition) is 0. The molecule has 0 saturated carbocycles. The van der Waals surface area contributed by atoms with E-state index in [-0.39, 0.29) is 36.3 Å². The van der Waals surface area contributed by atoms with Crippen molar-refractivity contribution < 1.29 is 19.1 Å². The number of Topliss-reactive ketones (excluding diaryl/α,β-unsaturated/α-hetero) is 1. The van der Waals surface area contributed by atoms with Crippen molar-refractivity contribution in [2.24, 2.45) is 5.92 Å². The number of amides is 1. The minimum atomic E-state index is -0.349. The number of anilines is 1. The van der Waals surface area contributed by atoms with E-state index < -0.39 is 0 Å². The lowest BCUT2D eigenvalue weighted by atomic mass is 9.86. The molecule has 4 atom stereocenters. The lowest BCUT2D eigenvalue weighted by Crippen LogP contribution is -2.41. The number of ketones is 1. The van der Waals surface area contributed by atoms with E-state index in [4.69, 9.17) is 21.1 Å². The minimum Gasteiger partial charge on any atom is -0.493 e. The number of likely N-dealkylation sites (tertiary alicyclic amines) is 1. The molecule has 7 heteroatoms. The first kappa shape index (κ1) is 30.1. The first-order valence-corrected chi connectivity index (χ1v) is 15.3. The van der Waals surface area contributed by atoms with Crippen molar-refractivity contribution in [1.29, 1.82) is 0 Å². The molecule has 3 aromatic carbocycles. The Balaban J connectivity index is 1.50. The number of carbonyl (C=O) groups excluding carboxylic acids is 2. The molecular weight excluding hydrogens is 548 g/mol. The second kappa shape index (κ2) is 12.9. The van der Waals surface area contributed by atoms with Gasteiger partial charge in [0.25, 0.3) is 0 Å². The maximum absolute atomic E-state index is 13.9. The number of carbonyl (C=O) groups is 2. The molecule has 0 aliphatic carbocycles. The molecule has 0 N–H and O–H groups in total. The molecule has 1 fully saturated rings. The van der Waals surface area contributed by atoms with Gasteiger partial charge in [-0.15, -0.1) is 0 Å². The zero-order valence-electron chi connectivity index (χ0n) is 25.2. The first-order chi connectivity index (χ1) is 20.2. The number of benzene rings is 3. The Bertz CT molecular complexity index is 1420. The molecule has 0 spiro atoms. The zero-order valence-corrected chi connectivity index (χ0v) is 26.0. The molecule has 2 aliphatic heterocycles. The Morgan fingerprint density at radius 2 is 1.76 bits per heavy atom. The van der Waals surface area contributed by atoms with Crippen LogP contribution in [0.1, 0.15) is 81.3 Å². The van der Waals surface area contributed by atoms with Gasteiger partial charge in [0.2, 0.25) is 5.91 Å². The second-order valence-electron chi connectivity index (χ2n) is 11.8. The molecule has 0 bridgehead atoms. The molecule has 3 aromatic rings. The van der Waals surface area contributed by atoms with Gasteiger partial charge in [0.05, 0.1) is 25.7 Å². The van der Waals surface area contributed by atoms with Crippen LogP contribution in [-0.4, -0.2) is 42.9 Å². The third-order valence-electron chi connectivity index (χ3n) is 8.77. The van der Waals surface area contributed by atoms with Gasteiger partial charge in [-0.05, 0) is 105 Å². The lowest BCUT2D eigenvalue weighted by molar-refractivity contribution is -0.119. The Labute approximate surface area is 254 Å². The van der Waals surface area contributed by atoms with Crippen molar-refractivity contribution in [3.05, 3.63) is 87.9 Å². The summed E-state index contributed by atoms with van der Waals surface area (Å²) < 4.78 is 11.9. The molecule has 0 radical (unpaired) electrons. The predicted molar refractivity (Wildman–Crippen MR) is 168 cm³/mol. The summed E-state index contributed by atoms with van der Waals surface area (Å²) in [6, 6.07) is 20.0. The van der Waals surface area contributed by atoms with Crippen molar-refractivity contribution in [2.45, 2.75) is 71.6 Å². The van der Waals surface area contributed by atoms with Crippen LogP contribution in [0.15, 0.2) is 60.7 Å². The van der Waals surface area contributed by atoms with E-state index in [0.717, 1.165) is 48.3 Å². The van der Waals surface area contributed by atoms with Gasteiger partial charge < -0.3 is 19.2 Å². The van der Waals surface area contributed by atoms with Gasteiger partial charge in [-0.2, -0.15) is 0 Å². The molecule has 1 saturated heterocycles. The number of methoxy groups -OCH3 is 1. The van der Waals surface area contributed by atoms with Crippen molar-refractivity contribution in [3.63, 3.8) is 0 Å². The molecule has 1 amide bonds. The van der Waals surface area contributed by atoms with E-state index in [0.29, 0.717) is 28.9 Å². The molecule has 222 valence electrons. The molecular formula is C35H41ClN2O4.